The second-order valence-corrected chi connectivity index (χ2v) is 5.10. The third-order valence-corrected chi connectivity index (χ3v) is 2.90. The summed E-state index contributed by atoms with van der Waals surface area (Å²) in [5.74, 6) is -0.939. The lowest BCUT2D eigenvalue weighted by Gasteiger charge is -2.09. The highest BCUT2D eigenvalue weighted by molar-refractivity contribution is 5.87. The minimum absolute atomic E-state index is 0.0176. The molecular formula is C15H17N3O4. The third-order valence-electron chi connectivity index (χ3n) is 2.90. The van der Waals surface area contributed by atoms with E-state index in [1.165, 1.54) is 0 Å². The Morgan fingerprint density at radius 2 is 1.95 bits per heavy atom. The van der Waals surface area contributed by atoms with Crippen LogP contribution in [-0.2, 0) is 20.7 Å². The predicted molar refractivity (Wildman–Crippen MR) is 80.3 cm³/mol. The van der Waals surface area contributed by atoms with Crippen molar-refractivity contribution in [3.63, 3.8) is 0 Å². The molecular weight excluding hydrogens is 286 g/mol. The SMILES string of the molecule is CC(C)NC(=O)COC(=O)Cc1n[nH]c(=O)c2ccccc12. The Labute approximate surface area is 126 Å². The number of nitrogens with one attached hydrogen (secondary N) is 2. The number of esters is 1. The van der Waals surface area contributed by atoms with Gasteiger partial charge in [-0.1, -0.05) is 18.2 Å². The van der Waals surface area contributed by atoms with Gasteiger partial charge in [0, 0.05) is 11.4 Å². The quantitative estimate of drug-likeness (QED) is 0.785. The molecule has 0 fully saturated rings. The van der Waals surface area contributed by atoms with Gasteiger partial charge in [-0.15, -0.1) is 0 Å². The maximum atomic E-state index is 11.8. The van der Waals surface area contributed by atoms with E-state index in [4.69, 9.17) is 4.74 Å². The summed E-state index contributed by atoms with van der Waals surface area (Å²) in [5, 5.41) is 9.90. The highest BCUT2D eigenvalue weighted by atomic mass is 16.5. The predicted octanol–water partition coefficient (Wildman–Crippen LogP) is 0.533. The van der Waals surface area contributed by atoms with Crippen molar-refractivity contribution in [3.05, 3.63) is 40.3 Å². The summed E-state index contributed by atoms with van der Waals surface area (Å²) in [6.07, 6.45) is -0.119. The van der Waals surface area contributed by atoms with Crippen molar-refractivity contribution in [1.29, 1.82) is 0 Å². The topological polar surface area (TPSA) is 101 Å². The minimum Gasteiger partial charge on any atom is -0.455 e. The molecule has 0 saturated heterocycles. The van der Waals surface area contributed by atoms with Crippen LogP contribution >= 0.6 is 0 Å². The van der Waals surface area contributed by atoms with Gasteiger partial charge in [0.1, 0.15) is 0 Å². The van der Waals surface area contributed by atoms with Gasteiger partial charge >= 0.3 is 5.97 Å². The van der Waals surface area contributed by atoms with E-state index in [1.807, 2.05) is 13.8 Å². The van der Waals surface area contributed by atoms with E-state index >= 15 is 0 Å². The van der Waals surface area contributed by atoms with E-state index in [9.17, 15) is 14.4 Å². The van der Waals surface area contributed by atoms with Crippen molar-refractivity contribution < 1.29 is 14.3 Å². The van der Waals surface area contributed by atoms with Gasteiger partial charge in [-0.2, -0.15) is 5.10 Å². The summed E-state index contributed by atoms with van der Waals surface area (Å²) in [5.41, 5.74) is 0.0912. The molecule has 0 bridgehead atoms. The van der Waals surface area contributed by atoms with Crippen LogP contribution in [0.2, 0.25) is 0 Å². The van der Waals surface area contributed by atoms with Gasteiger partial charge in [-0.3, -0.25) is 14.4 Å². The van der Waals surface area contributed by atoms with E-state index in [2.05, 4.69) is 15.5 Å². The van der Waals surface area contributed by atoms with Crippen molar-refractivity contribution in [1.82, 2.24) is 15.5 Å². The molecule has 0 aliphatic rings. The molecule has 7 heteroatoms. The number of nitrogens with zero attached hydrogens (tertiary/aromatic N) is 1. The van der Waals surface area contributed by atoms with Crippen LogP contribution in [0, 0.1) is 0 Å². The first-order valence-corrected chi connectivity index (χ1v) is 6.88. The molecule has 0 saturated carbocycles. The smallest absolute Gasteiger partial charge is 0.312 e. The summed E-state index contributed by atoms with van der Waals surface area (Å²) in [4.78, 5) is 34.9. The second-order valence-electron chi connectivity index (χ2n) is 5.10. The average Bonchev–Trinajstić information content (AvgIpc) is 2.48. The van der Waals surface area contributed by atoms with E-state index in [0.29, 0.717) is 16.5 Å². The van der Waals surface area contributed by atoms with Crippen molar-refractivity contribution in [2.45, 2.75) is 26.3 Å². The number of carbonyl (C=O) groups excluding carboxylic acids is 2. The van der Waals surface area contributed by atoms with Crippen molar-refractivity contribution in [2.75, 3.05) is 6.61 Å². The van der Waals surface area contributed by atoms with Gasteiger partial charge in [0.15, 0.2) is 6.61 Å². The van der Waals surface area contributed by atoms with Crippen molar-refractivity contribution >= 4 is 22.6 Å². The summed E-state index contributed by atoms with van der Waals surface area (Å²) in [6, 6.07) is 6.84. The highest BCUT2D eigenvalue weighted by Gasteiger charge is 2.13. The first kappa shape index (κ1) is 15.7. The Morgan fingerprint density at radius 1 is 1.27 bits per heavy atom. The highest BCUT2D eigenvalue weighted by Crippen LogP contribution is 2.13. The number of H-pyrrole nitrogens is 1. The maximum absolute atomic E-state index is 11.8. The fourth-order valence-electron chi connectivity index (χ4n) is 2.00. The molecule has 2 aromatic rings. The van der Waals surface area contributed by atoms with Crippen LogP contribution < -0.4 is 10.9 Å². The number of aromatic nitrogens is 2. The van der Waals surface area contributed by atoms with Gasteiger partial charge in [0.05, 0.1) is 17.5 Å². The maximum Gasteiger partial charge on any atom is 0.312 e. The van der Waals surface area contributed by atoms with Crippen molar-refractivity contribution in [2.24, 2.45) is 0 Å². The van der Waals surface area contributed by atoms with Crippen LogP contribution in [0.5, 0.6) is 0 Å². The average molecular weight is 303 g/mol. The minimum atomic E-state index is -0.580. The molecule has 22 heavy (non-hydrogen) atoms. The number of amides is 1. The molecule has 1 heterocycles. The summed E-state index contributed by atoms with van der Waals surface area (Å²) in [6.45, 7) is 3.30. The van der Waals surface area contributed by atoms with Crippen LogP contribution in [-0.4, -0.2) is 34.7 Å². The summed E-state index contributed by atoms with van der Waals surface area (Å²) >= 11 is 0. The molecule has 2 N–H and O–H groups in total. The van der Waals surface area contributed by atoms with E-state index in [0.717, 1.165) is 0 Å². The molecule has 1 aromatic heterocycles. The van der Waals surface area contributed by atoms with Gasteiger partial charge in [0.25, 0.3) is 11.5 Å². The molecule has 0 radical (unpaired) electrons. The molecule has 116 valence electrons. The normalized spacial score (nSPS) is 10.7. The Bertz CT molecular complexity index is 752. The molecule has 0 aliphatic heterocycles. The number of hydrogen-bond donors (Lipinski definition) is 2. The number of hydrogen-bond acceptors (Lipinski definition) is 5. The lowest BCUT2D eigenvalue weighted by Crippen LogP contribution is -2.34. The van der Waals surface area contributed by atoms with Gasteiger partial charge < -0.3 is 10.1 Å². The van der Waals surface area contributed by atoms with E-state index in [-0.39, 0.29) is 30.5 Å². The Balaban J connectivity index is 2.05. The lowest BCUT2D eigenvalue weighted by atomic mass is 10.1. The van der Waals surface area contributed by atoms with Gasteiger partial charge in [0.2, 0.25) is 0 Å². The molecule has 0 spiro atoms. The van der Waals surface area contributed by atoms with Crippen LogP contribution in [0.4, 0.5) is 0 Å². The monoisotopic (exact) mass is 303 g/mol. The van der Waals surface area contributed by atoms with Crippen LogP contribution in [0.1, 0.15) is 19.5 Å². The van der Waals surface area contributed by atoms with Crippen LogP contribution in [0.25, 0.3) is 10.8 Å². The first-order valence-electron chi connectivity index (χ1n) is 6.88. The summed E-state index contributed by atoms with van der Waals surface area (Å²) < 4.78 is 4.90. The Hall–Kier alpha value is -2.70. The van der Waals surface area contributed by atoms with E-state index < -0.39 is 5.97 Å². The zero-order valence-corrected chi connectivity index (χ0v) is 12.4. The Kier molecular flexibility index (Phi) is 4.88. The standard InChI is InChI=1S/C15H17N3O4/c1-9(2)16-13(19)8-22-14(20)7-12-10-5-3-4-6-11(10)15(21)18-17-12/h3-6,9H,7-8H2,1-2H3,(H,16,19)(H,18,21). The largest absolute Gasteiger partial charge is 0.455 e. The number of ether oxygens (including phenoxy) is 1. The molecule has 1 amide bonds. The second kappa shape index (κ2) is 6.84. The molecule has 0 atom stereocenters. The zero-order valence-electron chi connectivity index (χ0n) is 12.4. The molecule has 7 nitrogen and oxygen atoms in total. The number of fused-ring (bicyclic) bond motifs is 1. The number of benzene rings is 1. The molecule has 0 unspecified atom stereocenters. The van der Waals surface area contributed by atoms with Crippen molar-refractivity contribution in [3.8, 4) is 0 Å². The zero-order chi connectivity index (χ0) is 16.1. The van der Waals surface area contributed by atoms with Crippen LogP contribution in [0.3, 0.4) is 0 Å². The molecule has 1 aromatic carbocycles. The number of aromatic amines is 1. The third kappa shape index (κ3) is 3.91. The van der Waals surface area contributed by atoms with Gasteiger partial charge in [-0.25, -0.2) is 5.10 Å². The fourth-order valence-corrected chi connectivity index (χ4v) is 2.00. The van der Waals surface area contributed by atoms with E-state index in [1.54, 1.807) is 24.3 Å². The van der Waals surface area contributed by atoms with Gasteiger partial charge in [-0.05, 0) is 19.9 Å². The first-order chi connectivity index (χ1) is 10.5. The number of rotatable bonds is 5. The molecule has 2 rings (SSSR count). The van der Waals surface area contributed by atoms with Crippen LogP contribution in [0.15, 0.2) is 29.1 Å². The fraction of sp³-hybridized carbons (Fsp3) is 0.333. The molecule has 0 aliphatic carbocycles. The lowest BCUT2D eigenvalue weighted by molar-refractivity contribution is -0.148. The summed E-state index contributed by atoms with van der Waals surface area (Å²) in [7, 11) is 0. The number of carbonyl (C=O) groups is 2. The Morgan fingerprint density at radius 3 is 2.64 bits per heavy atom.